The number of hydrogen-bond donors (Lipinski definition) is 2. The fourth-order valence-corrected chi connectivity index (χ4v) is 2.49. The SMILES string of the molecule is CC[C@@H](N)c1ccccc1OC1CCCCC1O. The number of para-hydroxylation sites is 1. The third kappa shape index (κ3) is 3.03. The van der Waals surface area contributed by atoms with E-state index in [1.807, 2.05) is 24.3 Å². The van der Waals surface area contributed by atoms with Gasteiger partial charge in [-0.3, -0.25) is 0 Å². The molecule has 100 valence electrons. The van der Waals surface area contributed by atoms with Gasteiger partial charge in [0.25, 0.3) is 0 Å². The summed E-state index contributed by atoms with van der Waals surface area (Å²) in [5.41, 5.74) is 7.13. The summed E-state index contributed by atoms with van der Waals surface area (Å²) < 4.78 is 5.99. The summed E-state index contributed by atoms with van der Waals surface area (Å²) >= 11 is 0. The van der Waals surface area contributed by atoms with Crippen molar-refractivity contribution >= 4 is 0 Å². The van der Waals surface area contributed by atoms with Crippen molar-refractivity contribution in [1.29, 1.82) is 0 Å². The zero-order valence-electron chi connectivity index (χ0n) is 11.0. The van der Waals surface area contributed by atoms with Gasteiger partial charge in [-0.25, -0.2) is 0 Å². The summed E-state index contributed by atoms with van der Waals surface area (Å²) in [6.45, 7) is 2.07. The molecule has 3 heteroatoms. The van der Waals surface area contributed by atoms with Crippen LogP contribution in [0.4, 0.5) is 0 Å². The lowest BCUT2D eigenvalue weighted by Gasteiger charge is -2.29. The van der Waals surface area contributed by atoms with Crippen LogP contribution in [0.1, 0.15) is 50.6 Å². The molecule has 2 rings (SSSR count). The molecule has 0 bridgehead atoms. The Morgan fingerprint density at radius 1 is 1.33 bits per heavy atom. The Balaban J connectivity index is 2.12. The Morgan fingerprint density at radius 2 is 2.06 bits per heavy atom. The van der Waals surface area contributed by atoms with Gasteiger partial charge in [-0.05, 0) is 31.7 Å². The molecule has 0 saturated heterocycles. The van der Waals surface area contributed by atoms with Gasteiger partial charge >= 0.3 is 0 Å². The number of ether oxygens (including phenoxy) is 1. The predicted octanol–water partition coefficient (Wildman–Crippen LogP) is 2.78. The smallest absolute Gasteiger partial charge is 0.124 e. The van der Waals surface area contributed by atoms with E-state index in [0.29, 0.717) is 0 Å². The Hall–Kier alpha value is -1.06. The van der Waals surface area contributed by atoms with E-state index in [1.54, 1.807) is 0 Å². The number of nitrogens with two attached hydrogens (primary N) is 1. The molecule has 0 radical (unpaired) electrons. The molecule has 3 nitrogen and oxygen atoms in total. The number of aliphatic hydroxyl groups excluding tert-OH is 1. The Kier molecular flexibility index (Phi) is 4.61. The van der Waals surface area contributed by atoms with E-state index in [1.165, 1.54) is 0 Å². The first-order valence-corrected chi connectivity index (χ1v) is 6.91. The lowest BCUT2D eigenvalue weighted by molar-refractivity contribution is 0.00623. The van der Waals surface area contributed by atoms with E-state index in [0.717, 1.165) is 43.4 Å². The highest BCUT2D eigenvalue weighted by atomic mass is 16.5. The van der Waals surface area contributed by atoms with Gasteiger partial charge in [-0.2, -0.15) is 0 Å². The molecule has 1 saturated carbocycles. The van der Waals surface area contributed by atoms with Gasteiger partial charge < -0.3 is 15.6 Å². The van der Waals surface area contributed by atoms with E-state index in [-0.39, 0.29) is 18.2 Å². The topological polar surface area (TPSA) is 55.5 Å². The normalized spacial score (nSPS) is 25.7. The minimum absolute atomic E-state index is 0.00179. The molecule has 1 aromatic carbocycles. The van der Waals surface area contributed by atoms with Gasteiger partial charge in [0.15, 0.2) is 0 Å². The van der Waals surface area contributed by atoms with Gasteiger partial charge in [0.2, 0.25) is 0 Å². The average Bonchev–Trinajstić information content (AvgIpc) is 2.41. The minimum atomic E-state index is -0.343. The summed E-state index contributed by atoms with van der Waals surface area (Å²) in [4.78, 5) is 0. The van der Waals surface area contributed by atoms with Gasteiger partial charge in [0, 0.05) is 11.6 Å². The lowest BCUT2D eigenvalue weighted by Crippen LogP contribution is -2.35. The summed E-state index contributed by atoms with van der Waals surface area (Å²) in [5, 5.41) is 9.96. The van der Waals surface area contributed by atoms with E-state index >= 15 is 0 Å². The van der Waals surface area contributed by atoms with Crippen LogP contribution in [-0.4, -0.2) is 17.3 Å². The third-order valence-electron chi connectivity index (χ3n) is 3.70. The van der Waals surface area contributed by atoms with Crippen LogP contribution in [0.15, 0.2) is 24.3 Å². The molecule has 3 N–H and O–H groups in total. The van der Waals surface area contributed by atoms with Crippen molar-refractivity contribution in [2.75, 3.05) is 0 Å². The molecule has 18 heavy (non-hydrogen) atoms. The molecule has 1 aromatic rings. The number of aliphatic hydroxyl groups is 1. The zero-order chi connectivity index (χ0) is 13.0. The van der Waals surface area contributed by atoms with Crippen LogP contribution >= 0.6 is 0 Å². The summed E-state index contributed by atoms with van der Waals surface area (Å²) in [6.07, 6.45) is 4.45. The predicted molar refractivity (Wildman–Crippen MR) is 72.6 cm³/mol. The number of rotatable bonds is 4. The molecule has 2 unspecified atom stereocenters. The van der Waals surface area contributed by atoms with Crippen molar-refractivity contribution in [3.63, 3.8) is 0 Å². The fourth-order valence-electron chi connectivity index (χ4n) is 2.49. The molecular formula is C15H23NO2. The maximum absolute atomic E-state index is 9.96. The number of benzene rings is 1. The quantitative estimate of drug-likeness (QED) is 0.862. The Labute approximate surface area is 109 Å². The van der Waals surface area contributed by atoms with Gasteiger partial charge in [-0.15, -0.1) is 0 Å². The van der Waals surface area contributed by atoms with Crippen molar-refractivity contribution in [2.45, 2.75) is 57.3 Å². The van der Waals surface area contributed by atoms with Gasteiger partial charge in [0.1, 0.15) is 11.9 Å². The van der Waals surface area contributed by atoms with Crippen LogP contribution in [0, 0.1) is 0 Å². The van der Waals surface area contributed by atoms with E-state index in [4.69, 9.17) is 10.5 Å². The van der Waals surface area contributed by atoms with Gasteiger partial charge in [0.05, 0.1) is 6.10 Å². The van der Waals surface area contributed by atoms with Crippen molar-refractivity contribution in [2.24, 2.45) is 5.73 Å². The second kappa shape index (κ2) is 6.21. The maximum Gasteiger partial charge on any atom is 0.124 e. The monoisotopic (exact) mass is 249 g/mol. The van der Waals surface area contributed by atoms with Crippen LogP contribution in [0.2, 0.25) is 0 Å². The highest BCUT2D eigenvalue weighted by Crippen LogP contribution is 2.29. The molecule has 3 atom stereocenters. The van der Waals surface area contributed by atoms with Crippen molar-refractivity contribution in [1.82, 2.24) is 0 Å². The minimum Gasteiger partial charge on any atom is -0.487 e. The molecule has 0 aromatic heterocycles. The summed E-state index contributed by atoms with van der Waals surface area (Å²) in [6, 6.07) is 7.90. The van der Waals surface area contributed by atoms with Crippen LogP contribution in [0.5, 0.6) is 5.75 Å². The lowest BCUT2D eigenvalue weighted by atomic mass is 9.94. The Bertz CT molecular complexity index is 381. The average molecular weight is 249 g/mol. The second-order valence-corrected chi connectivity index (χ2v) is 5.06. The largest absolute Gasteiger partial charge is 0.487 e. The molecular weight excluding hydrogens is 226 g/mol. The summed E-state index contributed by atoms with van der Waals surface area (Å²) in [5.74, 6) is 0.831. The van der Waals surface area contributed by atoms with Crippen LogP contribution in [0.3, 0.4) is 0 Å². The molecule has 1 aliphatic rings. The number of hydrogen-bond acceptors (Lipinski definition) is 3. The first-order chi connectivity index (χ1) is 8.72. The van der Waals surface area contributed by atoms with Crippen molar-refractivity contribution in [3.8, 4) is 5.75 Å². The second-order valence-electron chi connectivity index (χ2n) is 5.06. The zero-order valence-corrected chi connectivity index (χ0v) is 11.0. The van der Waals surface area contributed by atoms with Crippen molar-refractivity contribution in [3.05, 3.63) is 29.8 Å². The fraction of sp³-hybridized carbons (Fsp3) is 0.600. The third-order valence-corrected chi connectivity index (χ3v) is 3.70. The van der Waals surface area contributed by atoms with Crippen LogP contribution in [0.25, 0.3) is 0 Å². The van der Waals surface area contributed by atoms with E-state index in [2.05, 4.69) is 6.92 Å². The molecule has 1 aliphatic carbocycles. The van der Waals surface area contributed by atoms with Gasteiger partial charge in [-0.1, -0.05) is 31.5 Å². The van der Waals surface area contributed by atoms with E-state index < -0.39 is 0 Å². The molecule has 1 fully saturated rings. The highest BCUT2D eigenvalue weighted by molar-refractivity contribution is 5.36. The van der Waals surface area contributed by atoms with Crippen molar-refractivity contribution < 1.29 is 9.84 Å². The van der Waals surface area contributed by atoms with Crippen LogP contribution < -0.4 is 10.5 Å². The van der Waals surface area contributed by atoms with E-state index in [9.17, 15) is 5.11 Å². The molecule has 0 heterocycles. The summed E-state index contributed by atoms with van der Waals surface area (Å²) in [7, 11) is 0. The standard InChI is InChI=1S/C15H23NO2/c1-2-12(16)11-7-3-5-9-14(11)18-15-10-6-4-8-13(15)17/h3,5,7,9,12-13,15,17H,2,4,6,8,10,16H2,1H3/t12-,13?,15?/m1/s1. The highest BCUT2D eigenvalue weighted by Gasteiger charge is 2.25. The maximum atomic E-state index is 9.96. The first kappa shape index (κ1) is 13.4. The first-order valence-electron chi connectivity index (χ1n) is 6.91. The van der Waals surface area contributed by atoms with Crippen LogP contribution in [-0.2, 0) is 0 Å². The molecule has 0 spiro atoms. The molecule has 0 amide bonds. The Morgan fingerprint density at radius 3 is 2.78 bits per heavy atom. The molecule has 0 aliphatic heterocycles.